The molecule has 3 aromatic rings. The molecule has 0 spiro atoms. The van der Waals surface area contributed by atoms with Crippen molar-refractivity contribution >= 4 is 23.3 Å². The van der Waals surface area contributed by atoms with Crippen LogP contribution in [-0.4, -0.2) is 33.5 Å². The number of nitrogens with one attached hydrogen (secondary N) is 2. The van der Waals surface area contributed by atoms with Gasteiger partial charge < -0.3 is 15.4 Å². The summed E-state index contributed by atoms with van der Waals surface area (Å²) in [5.74, 6) is -0.341. The van der Waals surface area contributed by atoms with Gasteiger partial charge in [0.05, 0.1) is 18.4 Å². The number of alkyl carbamates (subject to hydrolysis) is 1. The zero-order valence-electron chi connectivity index (χ0n) is 13.8. The number of thiophene rings is 1. The summed E-state index contributed by atoms with van der Waals surface area (Å²) in [6.07, 6.45) is 1.09. The van der Waals surface area contributed by atoms with Crippen molar-refractivity contribution in [3.8, 4) is 5.69 Å². The summed E-state index contributed by atoms with van der Waals surface area (Å²) in [5.41, 5.74) is 2.42. The fourth-order valence-electron chi connectivity index (χ4n) is 2.07. The summed E-state index contributed by atoms with van der Waals surface area (Å²) < 4.78 is 6.67. The molecule has 3 rings (SSSR count). The molecule has 8 nitrogen and oxygen atoms in total. The first kappa shape index (κ1) is 17.6. The number of carbonyl (C=O) groups excluding carboxylic acids is 2. The minimum absolute atomic E-state index is 0.153. The fourth-order valence-corrected chi connectivity index (χ4v) is 2.69. The summed E-state index contributed by atoms with van der Waals surface area (Å²) >= 11 is 1.56. The molecular weight excluding hydrogens is 354 g/mol. The highest BCUT2D eigenvalue weighted by Crippen LogP contribution is 2.10. The molecular formula is C17H17N5O3S. The Labute approximate surface area is 153 Å². The van der Waals surface area contributed by atoms with E-state index in [9.17, 15) is 9.59 Å². The second-order valence-electron chi connectivity index (χ2n) is 5.33. The quantitative estimate of drug-likeness (QED) is 0.661. The van der Waals surface area contributed by atoms with Crippen molar-refractivity contribution in [2.24, 2.45) is 0 Å². The van der Waals surface area contributed by atoms with E-state index in [1.54, 1.807) is 22.2 Å². The third-order valence-electron chi connectivity index (χ3n) is 3.38. The van der Waals surface area contributed by atoms with Gasteiger partial charge in [-0.1, -0.05) is 35.5 Å². The summed E-state index contributed by atoms with van der Waals surface area (Å²) in [6, 6.07) is 11.2. The SMILES string of the molecule is O=C(CNC(=O)OCc1ccccc1)NCc1cn(-c2ccsc2)nn1. The lowest BCUT2D eigenvalue weighted by molar-refractivity contribution is -0.120. The molecule has 0 aliphatic carbocycles. The van der Waals surface area contributed by atoms with Crippen LogP contribution < -0.4 is 10.6 Å². The number of benzene rings is 1. The Balaban J connectivity index is 1.36. The van der Waals surface area contributed by atoms with E-state index in [2.05, 4.69) is 20.9 Å². The summed E-state index contributed by atoms with van der Waals surface area (Å²) in [6.45, 7) is 0.204. The lowest BCUT2D eigenvalue weighted by Gasteiger charge is -2.07. The normalized spacial score (nSPS) is 10.3. The average molecular weight is 371 g/mol. The smallest absolute Gasteiger partial charge is 0.407 e. The molecule has 1 aromatic carbocycles. The van der Waals surface area contributed by atoms with Gasteiger partial charge in [-0.25, -0.2) is 9.48 Å². The van der Waals surface area contributed by atoms with E-state index in [4.69, 9.17) is 4.74 Å². The number of ether oxygens (including phenoxy) is 1. The molecule has 0 saturated carbocycles. The predicted octanol–water partition coefficient (Wildman–Crippen LogP) is 1.87. The number of carbonyl (C=O) groups is 2. The first-order valence-electron chi connectivity index (χ1n) is 7.86. The molecule has 0 atom stereocenters. The summed E-state index contributed by atoms with van der Waals surface area (Å²) in [4.78, 5) is 23.4. The second kappa shape index (κ2) is 8.77. The minimum Gasteiger partial charge on any atom is -0.445 e. The van der Waals surface area contributed by atoms with Crippen LogP contribution in [0.3, 0.4) is 0 Å². The van der Waals surface area contributed by atoms with Crippen molar-refractivity contribution in [2.75, 3.05) is 6.54 Å². The van der Waals surface area contributed by atoms with Gasteiger partial charge >= 0.3 is 6.09 Å². The highest BCUT2D eigenvalue weighted by atomic mass is 32.1. The Kier molecular flexibility index (Phi) is 5.94. The molecule has 0 aliphatic heterocycles. The third-order valence-corrected chi connectivity index (χ3v) is 4.06. The van der Waals surface area contributed by atoms with Crippen molar-refractivity contribution in [1.29, 1.82) is 0 Å². The largest absolute Gasteiger partial charge is 0.445 e. The maximum Gasteiger partial charge on any atom is 0.407 e. The van der Waals surface area contributed by atoms with Crippen molar-refractivity contribution in [2.45, 2.75) is 13.2 Å². The molecule has 2 heterocycles. The third kappa shape index (κ3) is 5.15. The standard InChI is InChI=1S/C17H17N5O3S/c23-16(9-19-17(24)25-11-13-4-2-1-3-5-13)18-8-14-10-22(21-20-14)15-6-7-26-12-15/h1-7,10,12H,8-9,11H2,(H,18,23)(H,19,24). The molecule has 9 heteroatoms. The molecule has 2 amide bonds. The Bertz CT molecular complexity index is 848. The number of nitrogens with zero attached hydrogens (tertiary/aromatic N) is 3. The van der Waals surface area contributed by atoms with Crippen molar-refractivity contribution in [3.05, 3.63) is 64.6 Å². The first-order chi connectivity index (χ1) is 12.7. The molecule has 2 aromatic heterocycles. The van der Waals surface area contributed by atoms with Gasteiger partial charge in [0.25, 0.3) is 0 Å². The molecule has 134 valence electrons. The number of hydrogen-bond donors (Lipinski definition) is 2. The number of amides is 2. The molecule has 0 unspecified atom stereocenters. The van der Waals surface area contributed by atoms with Crippen LogP contribution in [0, 0.1) is 0 Å². The van der Waals surface area contributed by atoms with Crippen LogP contribution in [0.4, 0.5) is 4.79 Å². The van der Waals surface area contributed by atoms with E-state index in [1.807, 2.05) is 47.2 Å². The maximum atomic E-state index is 11.8. The van der Waals surface area contributed by atoms with E-state index >= 15 is 0 Å². The lowest BCUT2D eigenvalue weighted by atomic mass is 10.2. The Morgan fingerprint density at radius 1 is 1.15 bits per heavy atom. The predicted molar refractivity (Wildman–Crippen MR) is 95.7 cm³/mol. The van der Waals surface area contributed by atoms with E-state index in [0.29, 0.717) is 5.69 Å². The van der Waals surface area contributed by atoms with Gasteiger partial charge in [0.1, 0.15) is 18.8 Å². The van der Waals surface area contributed by atoms with Gasteiger partial charge in [-0.3, -0.25) is 4.79 Å². The highest BCUT2D eigenvalue weighted by Gasteiger charge is 2.08. The molecule has 0 radical (unpaired) electrons. The molecule has 0 bridgehead atoms. The molecule has 2 N–H and O–H groups in total. The number of aromatic nitrogens is 3. The number of hydrogen-bond acceptors (Lipinski definition) is 6. The molecule has 0 saturated heterocycles. The van der Waals surface area contributed by atoms with Crippen LogP contribution in [-0.2, 0) is 22.7 Å². The average Bonchev–Trinajstić information content (AvgIpc) is 3.35. The van der Waals surface area contributed by atoms with Crippen LogP contribution in [0.1, 0.15) is 11.3 Å². The van der Waals surface area contributed by atoms with Crippen molar-refractivity contribution in [3.63, 3.8) is 0 Å². The maximum absolute atomic E-state index is 11.8. The zero-order valence-corrected chi connectivity index (χ0v) is 14.6. The van der Waals surface area contributed by atoms with Crippen LogP contribution in [0.25, 0.3) is 5.69 Å². The second-order valence-corrected chi connectivity index (χ2v) is 6.11. The van der Waals surface area contributed by atoms with Crippen LogP contribution in [0.5, 0.6) is 0 Å². The van der Waals surface area contributed by atoms with Crippen LogP contribution in [0.2, 0.25) is 0 Å². The highest BCUT2D eigenvalue weighted by molar-refractivity contribution is 7.08. The van der Waals surface area contributed by atoms with E-state index in [1.165, 1.54) is 0 Å². The molecule has 0 fully saturated rings. The van der Waals surface area contributed by atoms with E-state index in [0.717, 1.165) is 11.3 Å². The van der Waals surface area contributed by atoms with Crippen LogP contribution in [0.15, 0.2) is 53.4 Å². The fraction of sp³-hybridized carbons (Fsp3) is 0.176. The van der Waals surface area contributed by atoms with Gasteiger partial charge in [-0.15, -0.1) is 5.10 Å². The van der Waals surface area contributed by atoms with Crippen LogP contribution >= 0.6 is 11.3 Å². The monoisotopic (exact) mass is 371 g/mol. The van der Waals surface area contributed by atoms with Crippen molar-refractivity contribution in [1.82, 2.24) is 25.6 Å². The van der Waals surface area contributed by atoms with Gasteiger partial charge in [0.15, 0.2) is 0 Å². The molecule has 26 heavy (non-hydrogen) atoms. The van der Waals surface area contributed by atoms with Crippen molar-refractivity contribution < 1.29 is 14.3 Å². The van der Waals surface area contributed by atoms with Gasteiger partial charge in [0, 0.05) is 5.38 Å². The topological polar surface area (TPSA) is 98.1 Å². The van der Waals surface area contributed by atoms with E-state index in [-0.39, 0.29) is 25.6 Å². The molecule has 0 aliphatic rings. The van der Waals surface area contributed by atoms with E-state index < -0.39 is 6.09 Å². The number of rotatable bonds is 7. The lowest BCUT2D eigenvalue weighted by Crippen LogP contribution is -2.36. The Morgan fingerprint density at radius 2 is 2.00 bits per heavy atom. The summed E-state index contributed by atoms with van der Waals surface area (Å²) in [5, 5.41) is 16.9. The Hall–Kier alpha value is -3.20. The van der Waals surface area contributed by atoms with Gasteiger partial charge in [0.2, 0.25) is 5.91 Å². The Morgan fingerprint density at radius 3 is 2.77 bits per heavy atom. The minimum atomic E-state index is -0.646. The van der Waals surface area contributed by atoms with Gasteiger partial charge in [-0.2, -0.15) is 11.3 Å². The van der Waals surface area contributed by atoms with Gasteiger partial charge in [-0.05, 0) is 17.0 Å². The first-order valence-corrected chi connectivity index (χ1v) is 8.80. The zero-order chi connectivity index (χ0) is 18.2. The summed E-state index contributed by atoms with van der Waals surface area (Å²) in [7, 11) is 0.